The normalized spacial score (nSPS) is 15.2. The standard InChI is InChI=1S/C16H23N3O2.ClH/c1-11(17)8-15(20)18-10-12-4-2-7-14(9-12)19-16(21)13-5-3-6-13;/h2,4,7,9,11,13H,3,5-6,8,10,17H2,1H3,(H,18,20)(H,19,21);1H. The zero-order valence-corrected chi connectivity index (χ0v) is 13.6. The number of hydrogen-bond donors (Lipinski definition) is 3. The van der Waals surface area contributed by atoms with Crippen LogP contribution >= 0.6 is 12.4 Å². The Morgan fingerprint density at radius 3 is 2.68 bits per heavy atom. The number of anilines is 1. The Kier molecular flexibility index (Phi) is 7.35. The summed E-state index contributed by atoms with van der Waals surface area (Å²) < 4.78 is 0. The van der Waals surface area contributed by atoms with Crippen LogP contribution in [0.3, 0.4) is 0 Å². The molecule has 0 aliphatic heterocycles. The summed E-state index contributed by atoms with van der Waals surface area (Å²) in [7, 11) is 0. The first-order valence-electron chi connectivity index (χ1n) is 7.46. The average molecular weight is 326 g/mol. The first-order valence-corrected chi connectivity index (χ1v) is 7.46. The minimum atomic E-state index is -0.141. The molecular weight excluding hydrogens is 302 g/mol. The number of hydrogen-bond acceptors (Lipinski definition) is 3. The van der Waals surface area contributed by atoms with E-state index in [2.05, 4.69) is 10.6 Å². The van der Waals surface area contributed by atoms with Gasteiger partial charge in [-0.2, -0.15) is 0 Å². The Hall–Kier alpha value is -1.59. The fourth-order valence-electron chi connectivity index (χ4n) is 2.24. The Morgan fingerprint density at radius 1 is 1.36 bits per heavy atom. The molecule has 4 N–H and O–H groups in total. The smallest absolute Gasteiger partial charge is 0.227 e. The van der Waals surface area contributed by atoms with E-state index in [1.165, 1.54) is 0 Å². The monoisotopic (exact) mass is 325 g/mol. The molecule has 122 valence electrons. The molecule has 1 fully saturated rings. The largest absolute Gasteiger partial charge is 0.352 e. The molecule has 1 aromatic carbocycles. The van der Waals surface area contributed by atoms with Gasteiger partial charge in [0.1, 0.15) is 0 Å². The van der Waals surface area contributed by atoms with Crippen molar-refractivity contribution >= 4 is 29.9 Å². The van der Waals surface area contributed by atoms with Gasteiger partial charge in [-0.3, -0.25) is 9.59 Å². The summed E-state index contributed by atoms with van der Waals surface area (Å²) in [6, 6.07) is 7.42. The van der Waals surface area contributed by atoms with Gasteiger partial charge in [0.05, 0.1) is 0 Å². The molecular formula is C16H24ClN3O2. The zero-order valence-electron chi connectivity index (χ0n) is 12.8. The van der Waals surface area contributed by atoms with E-state index >= 15 is 0 Å². The highest BCUT2D eigenvalue weighted by Crippen LogP contribution is 2.27. The molecule has 1 aliphatic carbocycles. The van der Waals surface area contributed by atoms with Gasteiger partial charge in [-0.05, 0) is 37.5 Å². The summed E-state index contributed by atoms with van der Waals surface area (Å²) in [5, 5.41) is 5.76. The minimum Gasteiger partial charge on any atom is -0.352 e. The van der Waals surface area contributed by atoms with Crippen molar-refractivity contribution in [1.82, 2.24) is 5.32 Å². The highest BCUT2D eigenvalue weighted by atomic mass is 35.5. The third kappa shape index (κ3) is 5.66. The van der Waals surface area contributed by atoms with Gasteiger partial charge in [-0.15, -0.1) is 12.4 Å². The first-order chi connectivity index (χ1) is 10.0. The lowest BCUT2D eigenvalue weighted by Gasteiger charge is -2.24. The lowest BCUT2D eigenvalue weighted by Crippen LogP contribution is -2.29. The van der Waals surface area contributed by atoms with Gasteiger partial charge in [0.2, 0.25) is 11.8 Å². The van der Waals surface area contributed by atoms with Crippen LogP contribution < -0.4 is 16.4 Å². The van der Waals surface area contributed by atoms with E-state index in [0.29, 0.717) is 13.0 Å². The third-order valence-electron chi connectivity index (χ3n) is 3.67. The van der Waals surface area contributed by atoms with Crippen molar-refractivity contribution in [3.63, 3.8) is 0 Å². The molecule has 2 rings (SSSR count). The van der Waals surface area contributed by atoms with E-state index in [1.54, 1.807) is 6.92 Å². The Balaban J connectivity index is 0.00000242. The molecule has 1 aliphatic rings. The van der Waals surface area contributed by atoms with E-state index in [0.717, 1.165) is 30.5 Å². The summed E-state index contributed by atoms with van der Waals surface area (Å²) in [5.74, 6) is 0.202. The average Bonchev–Trinajstić information content (AvgIpc) is 2.33. The molecule has 2 amide bonds. The van der Waals surface area contributed by atoms with Crippen LogP contribution in [0.15, 0.2) is 24.3 Å². The molecule has 1 unspecified atom stereocenters. The number of carbonyl (C=O) groups excluding carboxylic acids is 2. The Labute approximate surface area is 137 Å². The number of benzene rings is 1. The van der Waals surface area contributed by atoms with Crippen LogP contribution in [0.25, 0.3) is 0 Å². The maximum Gasteiger partial charge on any atom is 0.227 e. The van der Waals surface area contributed by atoms with Gasteiger partial charge >= 0.3 is 0 Å². The number of nitrogens with one attached hydrogen (secondary N) is 2. The molecule has 22 heavy (non-hydrogen) atoms. The van der Waals surface area contributed by atoms with Gasteiger partial charge in [-0.25, -0.2) is 0 Å². The Morgan fingerprint density at radius 2 is 2.09 bits per heavy atom. The quantitative estimate of drug-likeness (QED) is 0.749. The van der Waals surface area contributed by atoms with Crippen LogP contribution in [-0.4, -0.2) is 17.9 Å². The van der Waals surface area contributed by atoms with Crippen LogP contribution in [0.1, 0.15) is 38.2 Å². The fourth-order valence-corrected chi connectivity index (χ4v) is 2.24. The molecule has 0 heterocycles. The molecule has 5 nitrogen and oxygen atoms in total. The molecule has 1 atom stereocenters. The predicted molar refractivity (Wildman–Crippen MR) is 89.8 cm³/mol. The number of carbonyl (C=O) groups is 2. The van der Waals surface area contributed by atoms with Crippen molar-refractivity contribution in [2.45, 2.75) is 45.2 Å². The van der Waals surface area contributed by atoms with Crippen molar-refractivity contribution in [3.8, 4) is 0 Å². The van der Waals surface area contributed by atoms with Gasteiger partial charge in [0.15, 0.2) is 0 Å². The summed E-state index contributed by atoms with van der Waals surface area (Å²) >= 11 is 0. The summed E-state index contributed by atoms with van der Waals surface area (Å²) in [6.45, 7) is 2.24. The SMILES string of the molecule is CC(N)CC(=O)NCc1cccc(NC(=O)C2CCC2)c1.Cl. The number of nitrogens with two attached hydrogens (primary N) is 1. The van der Waals surface area contributed by atoms with E-state index in [9.17, 15) is 9.59 Å². The van der Waals surface area contributed by atoms with Crippen molar-refractivity contribution in [3.05, 3.63) is 29.8 Å². The zero-order chi connectivity index (χ0) is 15.2. The number of rotatable bonds is 6. The van der Waals surface area contributed by atoms with Crippen molar-refractivity contribution < 1.29 is 9.59 Å². The van der Waals surface area contributed by atoms with E-state index in [-0.39, 0.29) is 36.2 Å². The summed E-state index contributed by atoms with van der Waals surface area (Å²) in [4.78, 5) is 23.5. The molecule has 1 saturated carbocycles. The third-order valence-corrected chi connectivity index (χ3v) is 3.67. The molecule has 1 aromatic rings. The summed E-state index contributed by atoms with van der Waals surface area (Å²) in [6.07, 6.45) is 3.43. The predicted octanol–water partition coefficient (Wildman–Crippen LogP) is 2.20. The molecule has 0 radical (unpaired) electrons. The fraction of sp³-hybridized carbons (Fsp3) is 0.500. The van der Waals surface area contributed by atoms with Crippen molar-refractivity contribution in [1.29, 1.82) is 0 Å². The van der Waals surface area contributed by atoms with Crippen LogP contribution in [0.5, 0.6) is 0 Å². The maximum absolute atomic E-state index is 11.9. The summed E-state index contributed by atoms with van der Waals surface area (Å²) in [5.41, 5.74) is 7.32. The van der Waals surface area contributed by atoms with Crippen LogP contribution in [-0.2, 0) is 16.1 Å². The van der Waals surface area contributed by atoms with Crippen LogP contribution in [0, 0.1) is 5.92 Å². The van der Waals surface area contributed by atoms with E-state index in [1.807, 2.05) is 24.3 Å². The number of halogens is 1. The lowest BCUT2D eigenvalue weighted by atomic mass is 9.85. The van der Waals surface area contributed by atoms with Crippen LogP contribution in [0.4, 0.5) is 5.69 Å². The van der Waals surface area contributed by atoms with Gasteiger partial charge < -0.3 is 16.4 Å². The maximum atomic E-state index is 11.9. The van der Waals surface area contributed by atoms with Gasteiger partial charge in [0, 0.05) is 30.6 Å². The lowest BCUT2D eigenvalue weighted by molar-refractivity contribution is -0.122. The molecule has 0 saturated heterocycles. The second kappa shape index (κ2) is 8.76. The van der Waals surface area contributed by atoms with Gasteiger partial charge in [0.25, 0.3) is 0 Å². The second-order valence-electron chi connectivity index (χ2n) is 5.78. The van der Waals surface area contributed by atoms with E-state index < -0.39 is 0 Å². The number of amides is 2. The molecule has 6 heteroatoms. The van der Waals surface area contributed by atoms with Crippen molar-refractivity contribution in [2.24, 2.45) is 11.7 Å². The Bertz CT molecular complexity index is 516. The molecule has 0 spiro atoms. The first kappa shape index (κ1) is 18.5. The van der Waals surface area contributed by atoms with Crippen LogP contribution in [0.2, 0.25) is 0 Å². The van der Waals surface area contributed by atoms with Crippen molar-refractivity contribution in [2.75, 3.05) is 5.32 Å². The van der Waals surface area contributed by atoms with E-state index in [4.69, 9.17) is 5.73 Å². The topological polar surface area (TPSA) is 84.2 Å². The minimum absolute atomic E-state index is 0. The van der Waals surface area contributed by atoms with Gasteiger partial charge in [-0.1, -0.05) is 18.6 Å². The molecule has 0 bridgehead atoms. The highest BCUT2D eigenvalue weighted by Gasteiger charge is 2.25. The highest BCUT2D eigenvalue weighted by molar-refractivity contribution is 5.93. The second-order valence-corrected chi connectivity index (χ2v) is 5.78. The molecule has 0 aromatic heterocycles.